The smallest absolute Gasteiger partial charge is 0.254 e. The van der Waals surface area contributed by atoms with Crippen LogP contribution in [-0.4, -0.2) is 49.0 Å². The molecule has 1 aromatic heterocycles. The molecule has 0 atom stereocenters. The Morgan fingerprint density at radius 3 is 2.53 bits per heavy atom. The second kappa shape index (κ2) is 9.18. The van der Waals surface area contributed by atoms with E-state index in [4.69, 9.17) is 9.15 Å². The molecule has 5 heteroatoms. The van der Waals surface area contributed by atoms with Gasteiger partial charge in [0, 0.05) is 17.2 Å². The fourth-order valence-corrected chi connectivity index (χ4v) is 4.09. The summed E-state index contributed by atoms with van der Waals surface area (Å²) >= 11 is 0. The zero-order chi connectivity index (χ0) is 20.9. The molecule has 3 aromatic rings. The molecule has 0 spiro atoms. The van der Waals surface area contributed by atoms with Gasteiger partial charge in [0.15, 0.2) is 0 Å². The van der Waals surface area contributed by atoms with Gasteiger partial charge in [-0.05, 0) is 68.9 Å². The van der Waals surface area contributed by atoms with Gasteiger partial charge in [-0.15, -0.1) is 0 Å². The third-order valence-electron chi connectivity index (χ3n) is 5.83. The molecule has 1 fully saturated rings. The predicted octanol–water partition coefficient (Wildman–Crippen LogP) is 4.69. The minimum absolute atomic E-state index is 0.0285. The normalized spacial score (nSPS) is 15.1. The highest BCUT2D eigenvalue weighted by molar-refractivity contribution is 5.96. The van der Waals surface area contributed by atoms with Crippen molar-refractivity contribution in [2.75, 3.05) is 27.2 Å². The molecule has 1 saturated heterocycles. The number of hydrogen-bond acceptors (Lipinski definition) is 4. The van der Waals surface area contributed by atoms with Crippen molar-refractivity contribution in [3.05, 3.63) is 78.3 Å². The van der Waals surface area contributed by atoms with E-state index in [0.29, 0.717) is 12.1 Å². The number of rotatable bonds is 6. The van der Waals surface area contributed by atoms with E-state index in [9.17, 15) is 4.79 Å². The number of methoxy groups -OCH3 is 1. The number of nitrogens with zero attached hydrogens (tertiary/aromatic N) is 2. The maximum absolute atomic E-state index is 13.7. The molecule has 2 aromatic carbocycles. The van der Waals surface area contributed by atoms with Crippen molar-refractivity contribution in [2.45, 2.75) is 25.4 Å². The van der Waals surface area contributed by atoms with E-state index in [1.807, 2.05) is 65.6 Å². The highest BCUT2D eigenvalue weighted by atomic mass is 16.5. The average Bonchev–Trinajstić information content (AvgIpc) is 3.31. The zero-order valence-corrected chi connectivity index (χ0v) is 17.6. The summed E-state index contributed by atoms with van der Waals surface area (Å²) < 4.78 is 11.1. The van der Waals surface area contributed by atoms with Crippen LogP contribution in [0, 0.1) is 0 Å². The van der Waals surface area contributed by atoms with Crippen LogP contribution in [0.15, 0.2) is 71.3 Å². The minimum Gasteiger partial charge on any atom is -0.496 e. The molecule has 0 radical (unpaired) electrons. The molecule has 0 bridgehead atoms. The van der Waals surface area contributed by atoms with Crippen molar-refractivity contribution < 1.29 is 13.9 Å². The molecule has 5 nitrogen and oxygen atoms in total. The molecule has 4 rings (SSSR count). The van der Waals surface area contributed by atoms with Gasteiger partial charge in [0.05, 0.1) is 19.9 Å². The molecule has 30 heavy (non-hydrogen) atoms. The largest absolute Gasteiger partial charge is 0.496 e. The standard InChI is InChI=1S/C25H28N2O3/c1-26-14-12-21(13-15-26)27(18-22-9-6-16-30-22)25(28)20-10-11-24(29-2)23(17-20)19-7-4-3-5-8-19/h3-11,16-17,21H,12-15,18H2,1-2H3. The van der Waals surface area contributed by atoms with Crippen LogP contribution in [0.5, 0.6) is 5.75 Å². The van der Waals surface area contributed by atoms with Gasteiger partial charge in [0.2, 0.25) is 0 Å². The van der Waals surface area contributed by atoms with Crippen LogP contribution < -0.4 is 4.74 Å². The fourth-order valence-electron chi connectivity index (χ4n) is 4.09. The first kappa shape index (κ1) is 20.2. The molecular formula is C25H28N2O3. The van der Waals surface area contributed by atoms with E-state index in [1.54, 1.807) is 13.4 Å². The summed E-state index contributed by atoms with van der Waals surface area (Å²) in [5.74, 6) is 1.59. The first-order valence-corrected chi connectivity index (χ1v) is 10.4. The van der Waals surface area contributed by atoms with Crippen molar-refractivity contribution in [3.63, 3.8) is 0 Å². The van der Waals surface area contributed by atoms with Crippen molar-refractivity contribution in [1.82, 2.24) is 9.80 Å². The van der Waals surface area contributed by atoms with E-state index in [-0.39, 0.29) is 11.9 Å². The maximum atomic E-state index is 13.7. The van der Waals surface area contributed by atoms with Crippen LogP contribution in [0.2, 0.25) is 0 Å². The number of ether oxygens (including phenoxy) is 1. The Morgan fingerprint density at radius 2 is 1.87 bits per heavy atom. The fraction of sp³-hybridized carbons (Fsp3) is 0.320. The quantitative estimate of drug-likeness (QED) is 0.598. The molecule has 1 aliphatic rings. The predicted molar refractivity (Wildman–Crippen MR) is 118 cm³/mol. The summed E-state index contributed by atoms with van der Waals surface area (Å²) in [6.45, 7) is 2.46. The second-order valence-corrected chi connectivity index (χ2v) is 7.83. The van der Waals surface area contributed by atoms with Crippen LogP contribution in [0.1, 0.15) is 29.0 Å². The highest BCUT2D eigenvalue weighted by Crippen LogP contribution is 2.32. The number of amides is 1. The van der Waals surface area contributed by atoms with E-state index in [2.05, 4.69) is 11.9 Å². The van der Waals surface area contributed by atoms with Gasteiger partial charge < -0.3 is 19.0 Å². The van der Waals surface area contributed by atoms with Gasteiger partial charge in [-0.3, -0.25) is 4.79 Å². The Bertz CT molecular complexity index is 961. The van der Waals surface area contributed by atoms with Gasteiger partial charge in [-0.1, -0.05) is 30.3 Å². The highest BCUT2D eigenvalue weighted by Gasteiger charge is 2.29. The van der Waals surface area contributed by atoms with Crippen LogP contribution in [0.3, 0.4) is 0 Å². The van der Waals surface area contributed by atoms with E-state index in [1.165, 1.54) is 0 Å². The van der Waals surface area contributed by atoms with Crippen LogP contribution in [0.4, 0.5) is 0 Å². The monoisotopic (exact) mass is 404 g/mol. The molecule has 1 aliphatic heterocycles. The lowest BCUT2D eigenvalue weighted by Gasteiger charge is -2.37. The molecule has 0 unspecified atom stereocenters. The number of carbonyl (C=O) groups is 1. The topological polar surface area (TPSA) is 45.9 Å². The first-order valence-electron chi connectivity index (χ1n) is 10.4. The molecule has 0 saturated carbocycles. The molecule has 2 heterocycles. The van der Waals surface area contributed by atoms with Crippen molar-refractivity contribution >= 4 is 5.91 Å². The lowest BCUT2D eigenvalue weighted by atomic mass is 9.99. The number of carbonyl (C=O) groups excluding carboxylic acids is 1. The Kier molecular flexibility index (Phi) is 6.19. The number of furan rings is 1. The summed E-state index contributed by atoms with van der Waals surface area (Å²) in [7, 11) is 3.79. The minimum atomic E-state index is 0.0285. The van der Waals surface area contributed by atoms with Crippen LogP contribution in [0.25, 0.3) is 11.1 Å². The van der Waals surface area contributed by atoms with E-state index < -0.39 is 0 Å². The Balaban J connectivity index is 1.66. The summed E-state index contributed by atoms with van der Waals surface area (Å²) in [6, 6.07) is 19.7. The number of hydrogen-bond donors (Lipinski definition) is 0. The Labute approximate surface area is 177 Å². The third kappa shape index (κ3) is 4.41. The van der Waals surface area contributed by atoms with E-state index in [0.717, 1.165) is 48.6 Å². The summed E-state index contributed by atoms with van der Waals surface area (Å²) in [4.78, 5) is 18.0. The zero-order valence-electron chi connectivity index (χ0n) is 17.6. The summed E-state index contributed by atoms with van der Waals surface area (Å²) in [5, 5.41) is 0. The Hall–Kier alpha value is -3.05. The van der Waals surface area contributed by atoms with Gasteiger partial charge in [0.25, 0.3) is 5.91 Å². The number of piperidine rings is 1. The van der Waals surface area contributed by atoms with E-state index >= 15 is 0 Å². The van der Waals surface area contributed by atoms with Crippen molar-refractivity contribution in [3.8, 4) is 16.9 Å². The second-order valence-electron chi connectivity index (χ2n) is 7.83. The molecule has 0 aliphatic carbocycles. The first-order chi connectivity index (χ1) is 14.7. The molecule has 0 N–H and O–H groups in total. The van der Waals surface area contributed by atoms with Gasteiger partial charge in [-0.25, -0.2) is 0 Å². The molecular weight excluding hydrogens is 376 g/mol. The van der Waals surface area contributed by atoms with Gasteiger partial charge >= 0.3 is 0 Å². The molecule has 1 amide bonds. The SMILES string of the molecule is COc1ccc(C(=O)N(Cc2ccco2)C2CCN(C)CC2)cc1-c1ccccc1. The number of likely N-dealkylation sites (tertiary alicyclic amines) is 1. The Morgan fingerprint density at radius 1 is 1.10 bits per heavy atom. The summed E-state index contributed by atoms with van der Waals surface area (Å²) in [5.41, 5.74) is 2.62. The number of benzene rings is 2. The van der Waals surface area contributed by atoms with Crippen LogP contribution >= 0.6 is 0 Å². The van der Waals surface area contributed by atoms with Gasteiger partial charge in [-0.2, -0.15) is 0 Å². The maximum Gasteiger partial charge on any atom is 0.254 e. The molecule has 156 valence electrons. The van der Waals surface area contributed by atoms with Crippen LogP contribution in [-0.2, 0) is 6.54 Å². The third-order valence-corrected chi connectivity index (χ3v) is 5.83. The van der Waals surface area contributed by atoms with Crippen molar-refractivity contribution in [2.24, 2.45) is 0 Å². The summed E-state index contributed by atoms with van der Waals surface area (Å²) in [6.07, 6.45) is 3.59. The van der Waals surface area contributed by atoms with Gasteiger partial charge in [0.1, 0.15) is 11.5 Å². The van der Waals surface area contributed by atoms with Crippen molar-refractivity contribution in [1.29, 1.82) is 0 Å². The average molecular weight is 405 g/mol. The lowest BCUT2D eigenvalue weighted by Crippen LogP contribution is -2.46. The lowest BCUT2D eigenvalue weighted by molar-refractivity contribution is 0.0550.